The molecule has 8 nitrogen and oxygen atoms in total. The molecule has 0 aliphatic carbocycles. The fourth-order valence-electron chi connectivity index (χ4n) is 5.04. The lowest BCUT2D eigenvalue weighted by atomic mass is 9.87. The Morgan fingerprint density at radius 2 is 1.97 bits per heavy atom. The summed E-state index contributed by atoms with van der Waals surface area (Å²) >= 11 is 0. The van der Waals surface area contributed by atoms with Crippen molar-refractivity contribution in [2.45, 2.75) is 31.8 Å². The SMILES string of the molecule is CN1CCc2cc(-c3cnc(N)c(-c4cnn(C)c4)c3)cc(C3CCCN3C(=O)O)c2C1. The minimum absolute atomic E-state index is 0.104. The Morgan fingerprint density at radius 1 is 1.12 bits per heavy atom. The first-order chi connectivity index (χ1) is 15.4. The van der Waals surface area contributed by atoms with E-state index in [1.54, 1.807) is 22.0 Å². The minimum atomic E-state index is -0.844. The maximum absolute atomic E-state index is 11.9. The minimum Gasteiger partial charge on any atom is -0.465 e. The Morgan fingerprint density at radius 3 is 2.72 bits per heavy atom. The van der Waals surface area contributed by atoms with Crippen molar-refractivity contribution in [3.05, 3.63) is 53.5 Å². The van der Waals surface area contributed by atoms with Gasteiger partial charge in [-0.25, -0.2) is 9.78 Å². The molecule has 2 aromatic heterocycles. The third-order valence-electron chi connectivity index (χ3n) is 6.69. The number of carbonyl (C=O) groups is 1. The average Bonchev–Trinajstić information content (AvgIpc) is 3.43. The van der Waals surface area contributed by atoms with Gasteiger partial charge in [0.2, 0.25) is 0 Å². The van der Waals surface area contributed by atoms with Crippen molar-refractivity contribution in [1.82, 2.24) is 24.6 Å². The quantitative estimate of drug-likeness (QED) is 0.657. The molecule has 3 N–H and O–H groups in total. The molecular formula is C24H28N6O2. The van der Waals surface area contributed by atoms with Crippen LogP contribution < -0.4 is 5.73 Å². The number of hydrogen-bond acceptors (Lipinski definition) is 5. The zero-order valence-corrected chi connectivity index (χ0v) is 18.5. The van der Waals surface area contributed by atoms with Crippen molar-refractivity contribution < 1.29 is 9.90 Å². The first-order valence-electron chi connectivity index (χ1n) is 11.0. The van der Waals surface area contributed by atoms with Crippen LogP contribution in [0.5, 0.6) is 0 Å². The van der Waals surface area contributed by atoms with Gasteiger partial charge in [0.1, 0.15) is 5.82 Å². The highest BCUT2D eigenvalue weighted by Crippen LogP contribution is 2.40. The molecule has 32 heavy (non-hydrogen) atoms. The predicted octanol–water partition coefficient (Wildman–Crippen LogP) is 3.53. The Hall–Kier alpha value is -3.39. The van der Waals surface area contributed by atoms with Gasteiger partial charge in [0, 0.05) is 55.8 Å². The smallest absolute Gasteiger partial charge is 0.407 e. The Balaban J connectivity index is 1.64. The van der Waals surface area contributed by atoms with Crippen LogP contribution in [-0.2, 0) is 20.0 Å². The van der Waals surface area contributed by atoms with Crippen LogP contribution in [0, 0.1) is 0 Å². The number of hydrogen-bond donors (Lipinski definition) is 2. The monoisotopic (exact) mass is 432 g/mol. The lowest BCUT2D eigenvalue weighted by Crippen LogP contribution is -2.32. The van der Waals surface area contributed by atoms with Gasteiger partial charge in [0.25, 0.3) is 0 Å². The third kappa shape index (κ3) is 3.60. The summed E-state index contributed by atoms with van der Waals surface area (Å²) in [5, 5.41) is 14.0. The molecule has 8 heteroatoms. The highest BCUT2D eigenvalue weighted by Gasteiger charge is 2.33. The molecule has 3 aromatic rings. The van der Waals surface area contributed by atoms with Crippen molar-refractivity contribution in [2.24, 2.45) is 7.05 Å². The molecule has 0 radical (unpaired) electrons. The van der Waals surface area contributed by atoms with E-state index >= 15 is 0 Å². The number of aromatic nitrogens is 3. The Kier molecular flexibility index (Phi) is 5.09. The lowest BCUT2D eigenvalue weighted by Gasteiger charge is -2.32. The molecular weight excluding hydrogens is 404 g/mol. The number of likely N-dealkylation sites (N-methyl/N-ethyl adjacent to an activating group) is 1. The number of likely N-dealkylation sites (tertiary alicyclic amines) is 1. The first kappa shape index (κ1) is 20.5. The average molecular weight is 433 g/mol. The van der Waals surface area contributed by atoms with Crippen LogP contribution in [0.1, 0.15) is 35.6 Å². The summed E-state index contributed by atoms with van der Waals surface area (Å²) in [7, 11) is 3.99. The number of nitrogens with zero attached hydrogens (tertiary/aromatic N) is 5. The summed E-state index contributed by atoms with van der Waals surface area (Å²) in [5.41, 5.74) is 13.7. The predicted molar refractivity (Wildman–Crippen MR) is 123 cm³/mol. The molecule has 0 saturated carbocycles. The number of nitrogens with two attached hydrogens (primary N) is 1. The standard InChI is InChI=1S/C24H28N6O2/c1-28-7-5-15-8-16(9-20(21(15)14-28)22-4-3-6-30(22)24(31)32)17-10-19(23(25)26-11-17)18-12-27-29(2)13-18/h8-13,22H,3-7,14H2,1-2H3,(H2,25,26)(H,31,32). The zero-order valence-electron chi connectivity index (χ0n) is 18.5. The van der Waals surface area contributed by atoms with Crippen molar-refractivity contribution in [3.8, 4) is 22.3 Å². The molecule has 0 bridgehead atoms. The van der Waals surface area contributed by atoms with Gasteiger partial charge in [-0.3, -0.25) is 4.68 Å². The van der Waals surface area contributed by atoms with Crippen LogP contribution in [0.25, 0.3) is 22.3 Å². The topological polar surface area (TPSA) is 101 Å². The first-order valence-corrected chi connectivity index (χ1v) is 11.0. The van der Waals surface area contributed by atoms with Gasteiger partial charge in [-0.05, 0) is 60.7 Å². The van der Waals surface area contributed by atoms with Crippen LogP contribution in [-0.4, -0.2) is 55.9 Å². The maximum Gasteiger partial charge on any atom is 0.407 e. The molecule has 1 amide bonds. The Bertz CT molecular complexity index is 1190. The second-order valence-corrected chi connectivity index (χ2v) is 8.88. The molecule has 2 aliphatic heterocycles. The third-order valence-corrected chi connectivity index (χ3v) is 6.69. The van der Waals surface area contributed by atoms with Gasteiger partial charge in [-0.2, -0.15) is 5.10 Å². The number of amides is 1. The van der Waals surface area contributed by atoms with E-state index in [1.807, 2.05) is 13.2 Å². The van der Waals surface area contributed by atoms with E-state index in [1.165, 1.54) is 11.1 Å². The van der Waals surface area contributed by atoms with Crippen LogP contribution >= 0.6 is 0 Å². The number of aryl methyl sites for hydroxylation is 1. The molecule has 1 saturated heterocycles. The van der Waals surface area contributed by atoms with Crippen molar-refractivity contribution in [2.75, 3.05) is 25.9 Å². The fraction of sp³-hybridized carbons (Fsp3) is 0.375. The molecule has 1 fully saturated rings. The second-order valence-electron chi connectivity index (χ2n) is 8.88. The molecule has 4 heterocycles. The van der Waals surface area contributed by atoms with Crippen LogP contribution in [0.15, 0.2) is 36.8 Å². The molecule has 5 rings (SSSR count). The van der Waals surface area contributed by atoms with Crippen molar-refractivity contribution in [1.29, 1.82) is 0 Å². The molecule has 1 unspecified atom stereocenters. The number of rotatable bonds is 3. The zero-order chi connectivity index (χ0) is 22.4. The van der Waals surface area contributed by atoms with Crippen molar-refractivity contribution >= 4 is 11.9 Å². The van der Waals surface area contributed by atoms with Gasteiger partial charge < -0.3 is 20.6 Å². The highest BCUT2D eigenvalue weighted by atomic mass is 16.4. The summed E-state index contributed by atoms with van der Waals surface area (Å²) in [6.45, 7) is 2.42. The van der Waals surface area contributed by atoms with E-state index in [-0.39, 0.29) is 6.04 Å². The van der Waals surface area contributed by atoms with Gasteiger partial charge in [-0.15, -0.1) is 0 Å². The molecule has 166 valence electrons. The Labute approximate surface area is 187 Å². The maximum atomic E-state index is 11.9. The van der Waals surface area contributed by atoms with E-state index in [0.717, 1.165) is 60.2 Å². The van der Waals surface area contributed by atoms with E-state index in [0.29, 0.717) is 12.4 Å². The molecule has 1 atom stereocenters. The summed E-state index contributed by atoms with van der Waals surface area (Å²) in [5.74, 6) is 0.467. The number of pyridine rings is 1. The van der Waals surface area contributed by atoms with Gasteiger partial charge in [-0.1, -0.05) is 6.07 Å². The number of anilines is 1. The van der Waals surface area contributed by atoms with E-state index < -0.39 is 6.09 Å². The number of benzene rings is 1. The number of carboxylic acid groups (broad SMARTS) is 1. The van der Waals surface area contributed by atoms with Crippen LogP contribution in [0.4, 0.5) is 10.6 Å². The number of fused-ring (bicyclic) bond motifs is 1. The van der Waals surface area contributed by atoms with Gasteiger partial charge in [0.05, 0.1) is 12.2 Å². The highest BCUT2D eigenvalue weighted by molar-refractivity contribution is 5.79. The van der Waals surface area contributed by atoms with Crippen LogP contribution in [0.3, 0.4) is 0 Å². The molecule has 0 spiro atoms. The fourth-order valence-corrected chi connectivity index (χ4v) is 5.04. The normalized spacial score (nSPS) is 18.7. The summed E-state index contributed by atoms with van der Waals surface area (Å²) in [6, 6.07) is 6.37. The summed E-state index contributed by atoms with van der Waals surface area (Å²) < 4.78 is 1.75. The largest absolute Gasteiger partial charge is 0.465 e. The van der Waals surface area contributed by atoms with Crippen molar-refractivity contribution in [3.63, 3.8) is 0 Å². The number of nitrogen functional groups attached to an aromatic ring is 1. The molecule has 2 aliphatic rings. The lowest BCUT2D eigenvalue weighted by molar-refractivity contribution is 0.140. The van der Waals surface area contributed by atoms with E-state index in [4.69, 9.17) is 5.73 Å². The van der Waals surface area contributed by atoms with Crippen LogP contribution in [0.2, 0.25) is 0 Å². The van der Waals surface area contributed by atoms with E-state index in [2.05, 4.69) is 40.2 Å². The summed E-state index contributed by atoms with van der Waals surface area (Å²) in [6.07, 6.45) is 7.36. The van der Waals surface area contributed by atoms with Gasteiger partial charge in [0.15, 0.2) is 0 Å². The molecule has 1 aromatic carbocycles. The second kappa shape index (κ2) is 7.94. The van der Waals surface area contributed by atoms with Gasteiger partial charge >= 0.3 is 6.09 Å². The summed E-state index contributed by atoms with van der Waals surface area (Å²) in [4.78, 5) is 20.3. The van der Waals surface area contributed by atoms with E-state index in [9.17, 15) is 9.90 Å².